The molecule has 0 spiro atoms. The molecule has 0 rings (SSSR count). The van der Waals surface area contributed by atoms with Crippen molar-refractivity contribution in [3.05, 3.63) is 0 Å². The van der Waals surface area contributed by atoms with Crippen LogP contribution in [0, 0.1) is 5.92 Å². The number of carbonyl (C=O) groups excluding carboxylic acids is 1. The Morgan fingerprint density at radius 2 is 2.07 bits per heavy atom. The smallest absolute Gasteiger partial charge is 0.220 e. The summed E-state index contributed by atoms with van der Waals surface area (Å²) in [5, 5.41) is 2.75. The van der Waals surface area contributed by atoms with Crippen LogP contribution in [-0.2, 0) is 15.6 Å². The topological polar surface area (TPSA) is 72.2 Å². The Bertz CT molecular complexity index is 209. The highest BCUT2D eigenvalue weighted by Crippen LogP contribution is 1.98. The predicted octanol–water partition coefficient (Wildman–Crippen LogP) is -0.145. The lowest BCUT2D eigenvalue weighted by Gasteiger charge is -2.11. The lowest BCUT2D eigenvalue weighted by molar-refractivity contribution is -0.121. The molecule has 3 N–H and O–H groups in total. The Balaban J connectivity index is 3.69. The normalized spacial score (nSPS) is 17.1. The van der Waals surface area contributed by atoms with E-state index >= 15 is 0 Å². The van der Waals surface area contributed by atoms with Crippen molar-refractivity contribution in [2.24, 2.45) is 11.7 Å². The third-order valence-corrected chi connectivity index (χ3v) is 3.39. The third kappa shape index (κ3) is 6.10. The number of nitrogens with one attached hydrogen (secondary N) is 1. The molecule has 0 aromatic rings. The molecule has 0 aromatic heterocycles. The van der Waals surface area contributed by atoms with Gasteiger partial charge in [0.25, 0.3) is 0 Å². The van der Waals surface area contributed by atoms with Crippen molar-refractivity contribution in [2.45, 2.75) is 25.5 Å². The SMILES string of the molecule is CC(CN)CC(=O)NCC(C)S(C)=O. The number of nitrogens with two attached hydrogens (primary N) is 1. The first-order chi connectivity index (χ1) is 6.47. The quantitative estimate of drug-likeness (QED) is 0.654. The summed E-state index contributed by atoms with van der Waals surface area (Å²) >= 11 is 0. The summed E-state index contributed by atoms with van der Waals surface area (Å²) in [4.78, 5) is 11.3. The minimum Gasteiger partial charge on any atom is -0.355 e. The fourth-order valence-electron chi connectivity index (χ4n) is 0.847. The Morgan fingerprint density at radius 3 is 2.50 bits per heavy atom. The maximum Gasteiger partial charge on any atom is 0.220 e. The van der Waals surface area contributed by atoms with Gasteiger partial charge in [-0.2, -0.15) is 0 Å². The summed E-state index contributed by atoms with van der Waals surface area (Å²) in [5.74, 6) is 0.192. The fraction of sp³-hybridized carbons (Fsp3) is 0.889. The van der Waals surface area contributed by atoms with Crippen molar-refractivity contribution in [3.8, 4) is 0 Å². The van der Waals surface area contributed by atoms with E-state index in [1.54, 1.807) is 6.26 Å². The Labute approximate surface area is 88.1 Å². The summed E-state index contributed by atoms with van der Waals surface area (Å²) in [7, 11) is -0.881. The van der Waals surface area contributed by atoms with Gasteiger partial charge >= 0.3 is 0 Å². The van der Waals surface area contributed by atoms with Crippen LogP contribution in [0.1, 0.15) is 20.3 Å². The lowest BCUT2D eigenvalue weighted by atomic mass is 10.1. The zero-order chi connectivity index (χ0) is 11.1. The van der Waals surface area contributed by atoms with Crippen LogP contribution >= 0.6 is 0 Å². The molecular formula is C9H20N2O2S. The Hall–Kier alpha value is -0.420. The largest absolute Gasteiger partial charge is 0.355 e. The van der Waals surface area contributed by atoms with E-state index in [9.17, 15) is 9.00 Å². The van der Waals surface area contributed by atoms with Gasteiger partial charge in [-0.15, -0.1) is 0 Å². The molecule has 0 aliphatic rings. The zero-order valence-electron chi connectivity index (χ0n) is 9.08. The molecule has 5 heteroatoms. The second-order valence-corrected chi connectivity index (χ2v) is 5.46. The minimum absolute atomic E-state index is 0.00660. The molecule has 0 heterocycles. The second-order valence-electron chi connectivity index (χ2n) is 3.66. The molecule has 1 amide bonds. The van der Waals surface area contributed by atoms with Crippen LogP contribution in [0.5, 0.6) is 0 Å². The van der Waals surface area contributed by atoms with Gasteiger partial charge in [-0.25, -0.2) is 0 Å². The van der Waals surface area contributed by atoms with Gasteiger partial charge in [-0.1, -0.05) is 6.92 Å². The van der Waals surface area contributed by atoms with Crippen molar-refractivity contribution in [3.63, 3.8) is 0 Å². The summed E-state index contributed by atoms with van der Waals surface area (Å²) < 4.78 is 11.0. The van der Waals surface area contributed by atoms with Crippen LogP contribution in [0.15, 0.2) is 0 Å². The van der Waals surface area contributed by atoms with E-state index < -0.39 is 10.8 Å². The van der Waals surface area contributed by atoms with Crippen LogP contribution < -0.4 is 11.1 Å². The van der Waals surface area contributed by atoms with Crippen LogP contribution in [0.4, 0.5) is 0 Å². The van der Waals surface area contributed by atoms with Crippen molar-refractivity contribution >= 4 is 16.7 Å². The molecule has 84 valence electrons. The lowest BCUT2D eigenvalue weighted by Crippen LogP contribution is -2.34. The molecule has 3 atom stereocenters. The van der Waals surface area contributed by atoms with Gasteiger partial charge in [-0.05, 0) is 19.4 Å². The monoisotopic (exact) mass is 220 g/mol. The first kappa shape index (κ1) is 13.6. The summed E-state index contributed by atoms with van der Waals surface area (Å²) in [5.41, 5.74) is 5.40. The number of carbonyl (C=O) groups is 1. The molecule has 3 unspecified atom stereocenters. The first-order valence-corrected chi connectivity index (χ1v) is 6.38. The number of hydrogen-bond donors (Lipinski definition) is 2. The summed E-state index contributed by atoms with van der Waals surface area (Å²) in [6.07, 6.45) is 2.08. The van der Waals surface area contributed by atoms with E-state index in [1.165, 1.54) is 0 Å². The van der Waals surface area contributed by atoms with E-state index in [1.807, 2.05) is 13.8 Å². The molecule has 4 nitrogen and oxygen atoms in total. The van der Waals surface area contributed by atoms with E-state index in [0.29, 0.717) is 19.5 Å². The van der Waals surface area contributed by atoms with Gasteiger partial charge in [-0.3, -0.25) is 9.00 Å². The summed E-state index contributed by atoms with van der Waals surface area (Å²) in [6, 6.07) is 0. The minimum atomic E-state index is -0.881. The average Bonchev–Trinajstić information content (AvgIpc) is 2.13. The van der Waals surface area contributed by atoms with E-state index in [0.717, 1.165) is 0 Å². The van der Waals surface area contributed by atoms with Crippen LogP contribution in [0.25, 0.3) is 0 Å². The first-order valence-electron chi connectivity index (χ1n) is 4.76. The molecule has 14 heavy (non-hydrogen) atoms. The molecule has 0 aliphatic heterocycles. The van der Waals surface area contributed by atoms with Crippen LogP contribution in [0.3, 0.4) is 0 Å². The molecule has 0 saturated carbocycles. The highest BCUT2D eigenvalue weighted by Gasteiger charge is 2.10. The molecule has 0 bridgehead atoms. The van der Waals surface area contributed by atoms with E-state index in [2.05, 4.69) is 5.32 Å². The standard InChI is InChI=1S/C9H20N2O2S/c1-7(5-10)4-9(12)11-6-8(2)14(3)13/h7-8H,4-6,10H2,1-3H3,(H,11,12). The molecule has 0 radical (unpaired) electrons. The molecule has 0 aliphatic carbocycles. The third-order valence-electron chi connectivity index (χ3n) is 2.09. The molecule has 0 saturated heterocycles. The maximum absolute atomic E-state index is 11.3. The van der Waals surface area contributed by atoms with Crippen LogP contribution in [0.2, 0.25) is 0 Å². The fourth-order valence-corrected chi connectivity index (χ4v) is 1.16. The zero-order valence-corrected chi connectivity index (χ0v) is 9.89. The molecule has 0 aromatic carbocycles. The summed E-state index contributed by atoms with van der Waals surface area (Å²) in [6.45, 7) is 4.77. The van der Waals surface area contributed by atoms with E-state index in [4.69, 9.17) is 5.73 Å². The van der Waals surface area contributed by atoms with Gasteiger partial charge in [0, 0.05) is 35.3 Å². The number of rotatable bonds is 6. The van der Waals surface area contributed by atoms with Gasteiger partial charge < -0.3 is 11.1 Å². The van der Waals surface area contributed by atoms with E-state index in [-0.39, 0.29) is 17.1 Å². The van der Waals surface area contributed by atoms with Gasteiger partial charge in [0.05, 0.1) is 0 Å². The van der Waals surface area contributed by atoms with Crippen molar-refractivity contribution < 1.29 is 9.00 Å². The van der Waals surface area contributed by atoms with Gasteiger partial charge in [0.15, 0.2) is 0 Å². The predicted molar refractivity (Wildman–Crippen MR) is 59.4 cm³/mol. The molecular weight excluding hydrogens is 200 g/mol. The highest BCUT2D eigenvalue weighted by atomic mass is 32.2. The number of hydrogen-bond acceptors (Lipinski definition) is 3. The van der Waals surface area contributed by atoms with Crippen LogP contribution in [-0.4, -0.2) is 34.7 Å². The van der Waals surface area contributed by atoms with Crippen molar-refractivity contribution in [1.82, 2.24) is 5.32 Å². The highest BCUT2D eigenvalue weighted by molar-refractivity contribution is 7.84. The maximum atomic E-state index is 11.3. The van der Waals surface area contributed by atoms with Crippen molar-refractivity contribution in [1.29, 1.82) is 0 Å². The average molecular weight is 220 g/mol. The Morgan fingerprint density at radius 1 is 1.50 bits per heavy atom. The second kappa shape index (κ2) is 6.95. The Kier molecular flexibility index (Phi) is 6.74. The number of amides is 1. The van der Waals surface area contributed by atoms with Gasteiger partial charge in [0.1, 0.15) is 0 Å². The molecule has 0 fully saturated rings. The van der Waals surface area contributed by atoms with Gasteiger partial charge in [0.2, 0.25) is 5.91 Å². The van der Waals surface area contributed by atoms with Crippen molar-refractivity contribution in [2.75, 3.05) is 19.3 Å².